The molecule has 5 heteroatoms. The van der Waals surface area contributed by atoms with E-state index in [2.05, 4.69) is 0 Å². The summed E-state index contributed by atoms with van der Waals surface area (Å²) in [6.07, 6.45) is 6.14. The first-order chi connectivity index (χ1) is 9.16. The van der Waals surface area contributed by atoms with Gasteiger partial charge in [-0.05, 0) is 12.8 Å². The predicted octanol–water partition coefficient (Wildman–Crippen LogP) is 3.29. The van der Waals surface area contributed by atoms with Crippen LogP contribution >= 0.6 is 0 Å². The molecule has 1 aromatic carbocycles. The van der Waals surface area contributed by atoms with E-state index in [9.17, 15) is 10.1 Å². The van der Waals surface area contributed by atoms with E-state index in [4.69, 9.17) is 4.84 Å². The van der Waals surface area contributed by atoms with Gasteiger partial charge in [0, 0.05) is 18.7 Å². The average molecular weight is 264 g/mol. The Hall–Kier alpha value is -1.46. The molecule has 0 amide bonds. The predicted molar refractivity (Wildman–Crippen MR) is 72.5 cm³/mol. The van der Waals surface area contributed by atoms with Gasteiger partial charge in [-0.15, -0.1) is 0 Å². The molecule has 0 aromatic heterocycles. The van der Waals surface area contributed by atoms with Crippen LogP contribution in [0.3, 0.4) is 0 Å². The van der Waals surface area contributed by atoms with Crippen LogP contribution in [-0.2, 0) is 11.4 Å². The maximum atomic E-state index is 10.9. The highest BCUT2D eigenvalue weighted by molar-refractivity contribution is 5.39. The summed E-state index contributed by atoms with van der Waals surface area (Å²) in [5.74, 6) is 0. The monoisotopic (exact) mass is 264 g/mol. The van der Waals surface area contributed by atoms with Crippen LogP contribution in [0.25, 0.3) is 0 Å². The molecule has 0 N–H and O–H groups in total. The van der Waals surface area contributed by atoms with Gasteiger partial charge in [0.1, 0.15) is 0 Å². The molecular formula is C14H20N2O3. The maximum Gasteiger partial charge on any atom is 0.273 e. The van der Waals surface area contributed by atoms with Crippen LogP contribution < -0.4 is 0 Å². The molecule has 0 atom stereocenters. The maximum absolute atomic E-state index is 10.9. The zero-order valence-electron chi connectivity index (χ0n) is 11.2. The van der Waals surface area contributed by atoms with Crippen LogP contribution in [0.4, 0.5) is 5.69 Å². The lowest BCUT2D eigenvalue weighted by atomic mass is 9.98. The van der Waals surface area contributed by atoms with Gasteiger partial charge in [0.25, 0.3) is 5.69 Å². The molecule has 0 heterocycles. The number of nitrogens with zero attached hydrogens (tertiary/aromatic N) is 2. The van der Waals surface area contributed by atoms with Gasteiger partial charge in [0.05, 0.1) is 17.6 Å². The van der Waals surface area contributed by atoms with Crippen molar-refractivity contribution in [3.8, 4) is 0 Å². The number of nitro benzene ring substituents is 1. The molecule has 0 bridgehead atoms. The SMILES string of the molecule is CN(Cc1ccccc1[N+](=O)[O-])OC1CCCCC1. The number of hydrogen-bond acceptors (Lipinski definition) is 4. The molecule has 104 valence electrons. The molecular weight excluding hydrogens is 244 g/mol. The summed E-state index contributed by atoms with van der Waals surface area (Å²) in [6, 6.07) is 6.81. The second-order valence-electron chi connectivity index (χ2n) is 5.04. The molecule has 0 radical (unpaired) electrons. The Morgan fingerprint density at radius 2 is 2.00 bits per heavy atom. The van der Waals surface area contributed by atoms with E-state index in [1.54, 1.807) is 17.2 Å². The first kappa shape index (κ1) is 14.0. The van der Waals surface area contributed by atoms with Crippen LogP contribution in [0.15, 0.2) is 24.3 Å². The smallest absolute Gasteiger partial charge is 0.273 e. The minimum absolute atomic E-state index is 0.154. The molecule has 0 unspecified atom stereocenters. The summed E-state index contributed by atoms with van der Waals surface area (Å²) in [4.78, 5) is 16.4. The molecule has 1 fully saturated rings. The average Bonchev–Trinajstić information content (AvgIpc) is 2.40. The van der Waals surface area contributed by atoms with E-state index in [0.29, 0.717) is 12.1 Å². The van der Waals surface area contributed by atoms with Crippen molar-refractivity contribution < 1.29 is 9.76 Å². The summed E-state index contributed by atoms with van der Waals surface area (Å²) in [6.45, 7) is 0.438. The lowest BCUT2D eigenvalue weighted by molar-refractivity contribution is -0.386. The van der Waals surface area contributed by atoms with Gasteiger partial charge >= 0.3 is 0 Å². The van der Waals surface area contributed by atoms with Crippen molar-refractivity contribution in [3.63, 3.8) is 0 Å². The number of benzene rings is 1. The molecule has 0 spiro atoms. The third-order valence-corrected chi connectivity index (χ3v) is 3.46. The highest BCUT2D eigenvalue weighted by atomic mass is 16.7. The van der Waals surface area contributed by atoms with Crippen LogP contribution in [0, 0.1) is 10.1 Å². The van der Waals surface area contributed by atoms with E-state index in [-0.39, 0.29) is 16.7 Å². The van der Waals surface area contributed by atoms with Gasteiger partial charge < -0.3 is 0 Å². The van der Waals surface area contributed by atoms with Gasteiger partial charge in [0.15, 0.2) is 0 Å². The highest BCUT2D eigenvalue weighted by Gasteiger charge is 2.18. The fourth-order valence-electron chi connectivity index (χ4n) is 2.52. The van der Waals surface area contributed by atoms with Gasteiger partial charge in [-0.1, -0.05) is 37.5 Å². The fourth-order valence-corrected chi connectivity index (χ4v) is 2.52. The summed E-state index contributed by atoms with van der Waals surface area (Å²) >= 11 is 0. The van der Waals surface area contributed by atoms with Crippen molar-refractivity contribution in [1.29, 1.82) is 0 Å². The van der Waals surface area contributed by atoms with Gasteiger partial charge in [0.2, 0.25) is 0 Å². The molecule has 19 heavy (non-hydrogen) atoms. The minimum atomic E-state index is -0.343. The van der Waals surface area contributed by atoms with E-state index in [0.717, 1.165) is 12.8 Å². The van der Waals surface area contributed by atoms with E-state index in [1.165, 1.54) is 25.3 Å². The fraction of sp³-hybridized carbons (Fsp3) is 0.571. The van der Waals surface area contributed by atoms with E-state index in [1.807, 2.05) is 13.1 Å². The van der Waals surface area contributed by atoms with Gasteiger partial charge in [-0.2, -0.15) is 5.06 Å². The first-order valence-electron chi connectivity index (χ1n) is 6.77. The van der Waals surface area contributed by atoms with Crippen molar-refractivity contribution >= 4 is 5.69 Å². The van der Waals surface area contributed by atoms with Crippen molar-refractivity contribution in [3.05, 3.63) is 39.9 Å². The summed E-state index contributed by atoms with van der Waals surface area (Å²) in [5.41, 5.74) is 0.840. The lowest BCUT2D eigenvalue weighted by Crippen LogP contribution is -2.27. The Labute approximate surface area is 113 Å². The Morgan fingerprint density at radius 3 is 2.68 bits per heavy atom. The zero-order chi connectivity index (χ0) is 13.7. The largest absolute Gasteiger partial charge is 0.296 e. The number of hydrogen-bond donors (Lipinski definition) is 0. The molecule has 0 aliphatic heterocycles. The van der Waals surface area contributed by atoms with Crippen LogP contribution in [-0.4, -0.2) is 23.1 Å². The van der Waals surface area contributed by atoms with Crippen molar-refractivity contribution in [2.45, 2.75) is 44.8 Å². The molecule has 1 aromatic rings. The van der Waals surface area contributed by atoms with Crippen molar-refractivity contribution in [2.75, 3.05) is 7.05 Å². The standard InChI is InChI=1S/C14H20N2O3/c1-15(19-13-8-3-2-4-9-13)11-12-7-5-6-10-14(12)16(17)18/h5-7,10,13H,2-4,8-9,11H2,1H3. The molecule has 2 rings (SSSR count). The molecule has 0 saturated heterocycles. The summed E-state index contributed by atoms with van der Waals surface area (Å²) < 4.78 is 0. The Balaban J connectivity index is 1.94. The van der Waals surface area contributed by atoms with Crippen molar-refractivity contribution in [2.24, 2.45) is 0 Å². The van der Waals surface area contributed by atoms with Gasteiger partial charge in [-0.3, -0.25) is 15.0 Å². The Kier molecular flexibility index (Phi) is 4.87. The topological polar surface area (TPSA) is 55.6 Å². The number of para-hydroxylation sites is 1. The van der Waals surface area contributed by atoms with Crippen LogP contribution in [0.5, 0.6) is 0 Å². The van der Waals surface area contributed by atoms with E-state index >= 15 is 0 Å². The number of nitro groups is 1. The third-order valence-electron chi connectivity index (χ3n) is 3.46. The lowest BCUT2D eigenvalue weighted by Gasteiger charge is -2.27. The first-order valence-corrected chi connectivity index (χ1v) is 6.77. The van der Waals surface area contributed by atoms with E-state index < -0.39 is 0 Å². The quantitative estimate of drug-likeness (QED) is 0.605. The Morgan fingerprint density at radius 1 is 1.32 bits per heavy atom. The molecule has 1 saturated carbocycles. The molecule has 1 aliphatic rings. The summed E-state index contributed by atoms with van der Waals surface area (Å²) in [5, 5.41) is 12.7. The van der Waals surface area contributed by atoms with Gasteiger partial charge in [-0.25, -0.2) is 0 Å². The number of rotatable bonds is 5. The second kappa shape index (κ2) is 6.63. The highest BCUT2D eigenvalue weighted by Crippen LogP contribution is 2.23. The zero-order valence-corrected chi connectivity index (χ0v) is 11.2. The molecule has 1 aliphatic carbocycles. The van der Waals surface area contributed by atoms with Crippen LogP contribution in [0.2, 0.25) is 0 Å². The van der Waals surface area contributed by atoms with Crippen molar-refractivity contribution in [1.82, 2.24) is 5.06 Å². The van der Waals surface area contributed by atoms with Crippen LogP contribution in [0.1, 0.15) is 37.7 Å². The minimum Gasteiger partial charge on any atom is -0.296 e. The Bertz CT molecular complexity index is 430. The molecule has 5 nitrogen and oxygen atoms in total. The summed E-state index contributed by atoms with van der Waals surface area (Å²) in [7, 11) is 1.84. The third kappa shape index (κ3) is 4.01. The second-order valence-corrected chi connectivity index (χ2v) is 5.04. The number of hydroxylamine groups is 2. The normalized spacial score (nSPS) is 16.7.